The van der Waals surface area contributed by atoms with Crippen molar-refractivity contribution in [1.29, 1.82) is 0 Å². The minimum absolute atomic E-state index is 0.00678. The Hall–Kier alpha value is -5.82. The Bertz CT molecular complexity index is 3430. The monoisotopic (exact) mass is 1100 g/mol. The highest BCUT2D eigenvalue weighted by atomic mass is 32.2. The van der Waals surface area contributed by atoms with Crippen LogP contribution in [-0.4, -0.2) is 139 Å². The van der Waals surface area contributed by atoms with Gasteiger partial charge < -0.3 is 59.9 Å². The van der Waals surface area contributed by atoms with Crippen molar-refractivity contribution in [2.45, 2.75) is 72.9 Å². The number of hydrogen-bond acceptors (Lipinski definition) is 20. The van der Waals surface area contributed by atoms with Crippen LogP contribution in [0.25, 0.3) is 44.6 Å². The number of nitrogens with two attached hydrogens (primary N) is 2. The standard InChI is InChI=1S/C41H49N9O19P2S2/c1-49(40(54)23-10-5-4-9-22(23)30-24-12-14-26(42)36(72(60,61)62)34(24)68-35-25(30)13-15-27(43)37(35)73(63,64)65)18-8-11-29(51)44-16-6-2-3-7-17-45-38-31-39(47-20-46-38)50(21-48-31)41-33(53)32(52)28(67-41)19-66-71(58,59)69-70(55,56)57/h4-5,9-10,12-15,20-21,28,32-33,41-42,52-53H,2-3,6-8,11,16-19,43H2,1H3,(H,44,51)(H,58,59)(H,45,46,47)(H2,55,56,57)(H,60,61,62)(H,63,64,65)/t28-,32-,33-,41-/m1/s1. The van der Waals surface area contributed by atoms with Gasteiger partial charge in [0.05, 0.1) is 18.6 Å². The first kappa shape index (κ1) is 54.9. The molecule has 394 valence electrons. The highest BCUT2D eigenvalue weighted by Crippen LogP contribution is 2.58. The summed E-state index contributed by atoms with van der Waals surface area (Å²) in [6.07, 6.45) is -0.201. The molecular weight excluding hydrogens is 1050 g/mol. The Labute approximate surface area is 414 Å². The molecule has 0 saturated carbocycles. The molecule has 3 aliphatic rings. The van der Waals surface area contributed by atoms with E-state index in [1.165, 1.54) is 59.5 Å². The Morgan fingerprint density at radius 2 is 1.64 bits per heavy atom. The number of aromatic nitrogens is 4. The number of nitrogens with zero attached hydrogens (tertiary/aromatic N) is 5. The van der Waals surface area contributed by atoms with Gasteiger partial charge >= 0.3 is 25.8 Å². The molecule has 4 aromatic rings. The molecule has 73 heavy (non-hydrogen) atoms. The molecule has 5 atom stereocenters. The number of unbranched alkanes of at least 4 members (excludes halogenated alkanes) is 3. The molecule has 1 saturated heterocycles. The highest BCUT2D eigenvalue weighted by Gasteiger charge is 2.46. The van der Waals surface area contributed by atoms with Gasteiger partial charge in [-0.25, -0.2) is 32.5 Å². The van der Waals surface area contributed by atoms with Crippen LogP contribution in [0.5, 0.6) is 0 Å². The van der Waals surface area contributed by atoms with E-state index in [9.17, 15) is 59.8 Å². The summed E-state index contributed by atoms with van der Waals surface area (Å²) in [6.45, 7) is 0.118. The van der Waals surface area contributed by atoms with E-state index in [-0.39, 0.29) is 58.6 Å². The van der Waals surface area contributed by atoms with Crippen molar-refractivity contribution in [2.24, 2.45) is 0 Å². The van der Waals surface area contributed by atoms with E-state index in [1.54, 1.807) is 12.1 Å². The van der Waals surface area contributed by atoms with Crippen LogP contribution in [0.2, 0.25) is 0 Å². The van der Waals surface area contributed by atoms with Gasteiger partial charge in [0, 0.05) is 61.2 Å². The Kier molecular flexibility index (Phi) is 16.5. The summed E-state index contributed by atoms with van der Waals surface area (Å²) in [5, 5.41) is 32.7. The van der Waals surface area contributed by atoms with Crippen molar-refractivity contribution >= 4 is 81.3 Å². The van der Waals surface area contributed by atoms with Gasteiger partial charge in [0.1, 0.15) is 39.7 Å². The number of amides is 2. The fourth-order valence-electron chi connectivity index (χ4n) is 8.20. The highest BCUT2D eigenvalue weighted by molar-refractivity contribution is 7.86. The molecule has 7 rings (SSSR count). The molecule has 2 amide bonds. The summed E-state index contributed by atoms with van der Waals surface area (Å²) < 4.78 is 116. The van der Waals surface area contributed by atoms with E-state index in [4.69, 9.17) is 30.1 Å². The molecule has 0 radical (unpaired) electrons. The van der Waals surface area contributed by atoms with Crippen molar-refractivity contribution in [2.75, 3.05) is 44.3 Å². The Balaban J connectivity index is 0.888. The van der Waals surface area contributed by atoms with Crippen LogP contribution in [-0.2, 0) is 47.7 Å². The number of fused-ring (bicyclic) bond motifs is 3. The van der Waals surface area contributed by atoms with Crippen molar-refractivity contribution in [3.63, 3.8) is 0 Å². The van der Waals surface area contributed by atoms with Gasteiger partial charge in [-0.3, -0.25) is 28.6 Å². The van der Waals surface area contributed by atoms with E-state index < -0.39 is 105 Å². The summed E-state index contributed by atoms with van der Waals surface area (Å²) in [4.78, 5) is 66.2. The predicted molar refractivity (Wildman–Crippen MR) is 252 cm³/mol. The second-order valence-corrected chi connectivity index (χ2v) is 22.1. The zero-order valence-electron chi connectivity index (χ0n) is 38.2. The fraction of sp³-hybridized carbons (Fsp3) is 0.366. The third kappa shape index (κ3) is 12.6. The SMILES string of the molecule is CN(CCCC(=O)NCCCCCCNc1ncnc2c1ncn2[C@@H]1O[C@H](COP(=O)(O)OP(=O)(O)O)[C@@H](O)[C@H]1O)C(=O)c1ccccc1-c1c2ccc(=[NH2+])c(S(=O)(=O)O)c-2oc2c(S(=O)(=O)[O-])c(N)ccc12. The molecule has 0 bridgehead atoms. The number of phosphoric ester groups is 1. The molecule has 1 aliphatic carbocycles. The molecule has 32 heteroatoms. The number of nitrogens with one attached hydrogen (secondary N) is 2. The molecule has 0 spiro atoms. The number of anilines is 2. The van der Waals surface area contributed by atoms with Crippen LogP contribution in [0.3, 0.4) is 0 Å². The third-order valence-electron chi connectivity index (χ3n) is 11.5. The number of aliphatic hydroxyl groups is 2. The maximum Gasteiger partial charge on any atom is 0.481 e. The second kappa shape index (κ2) is 21.9. The molecule has 28 nitrogen and oxygen atoms in total. The predicted octanol–water partition coefficient (Wildman–Crippen LogP) is 0.224. The van der Waals surface area contributed by atoms with E-state index >= 15 is 0 Å². The number of rotatable bonds is 22. The van der Waals surface area contributed by atoms with Crippen LogP contribution in [0.4, 0.5) is 11.5 Å². The van der Waals surface area contributed by atoms with Crippen LogP contribution in [0.1, 0.15) is 55.1 Å². The van der Waals surface area contributed by atoms with Gasteiger partial charge in [-0.15, -0.1) is 0 Å². The summed E-state index contributed by atoms with van der Waals surface area (Å²) in [5.41, 5.74) is 5.59. The normalized spacial score (nSPS) is 18.3. The maximum absolute atomic E-state index is 14.1. The van der Waals surface area contributed by atoms with Gasteiger partial charge in [-0.1, -0.05) is 31.0 Å². The van der Waals surface area contributed by atoms with Gasteiger partial charge in [-0.05, 0) is 49.1 Å². The Morgan fingerprint density at radius 3 is 2.34 bits per heavy atom. The van der Waals surface area contributed by atoms with Crippen molar-refractivity contribution in [3.8, 4) is 22.5 Å². The number of carbonyl (C=O) groups excluding carboxylic acids is 2. The van der Waals surface area contributed by atoms with E-state index in [2.05, 4.69) is 34.4 Å². The Morgan fingerprint density at radius 1 is 0.932 bits per heavy atom. The average molecular weight is 1100 g/mol. The molecule has 1 fully saturated rings. The average Bonchev–Trinajstić information content (AvgIpc) is 3.85. The number of nitrogen functional groups attached to an aromatic ring is 1. The molecule has 4 heterocycles. The first-order valence-corrected chi connectivity index (χ1v) is 27.8. The van der Waals surface area contributed by atoms with Crippen LogP contribution < -0.4 is 27.1 Å². The minimum atomic E-state index is -5.39. The lowest BCUT2D eigenvalue weighted by Gasteiger charge is -2.23. The fourth-order valence-corrected chi connectivity index (χ4v) is 11.3. The largest absolute Gasteiger partial charge is 0.744 e. The summed E-state index contributed by atoms with van der Waals surface area (Å²) in [7, 11) is -19.6. The van der Waals surface area contributed by atoms with Gasteiger partial charge in [0.25, 0.3) is 5.91 Å². The van der Waals surface area contributed by atoms with Crippen LogP contribution in [0, 0.1) is 0 Å². The molecular formula is C41H49N9O19P2S2. The van der Waals surface area contributed by atoms with Crippen molar-refractivity contribution < 1.29 is 93.0 Å². The molecule has 2 aromatic carbocycles. The lowest BCUT2D eigenvalue weighted by Crippen LogP contribution is -2.47. The van der Waals surface area contributed by atoms with Gasteiger partial charge in [-0.2, -0.15) is 12.7 Å². The first-order chi connectivity index (χ1) is 34.3. The number of imidazole rings is 1. The lowest BCUT2D eigenvalue weighted by atomic mass is 9.90. The number of phosphoric acid groups is 2. The lowest BCUT2D eigenvalue weighted by molar-refractivity contribution is -0.176. The summed E-state index contributed by atoms with van der Waals surface area (Å²) in [5.74, 6) is -1.00. The minimum Gasteiger partial charge on any atom is -0.744 e. The van der Waals surface area contributed by atoms with Gasteiger partial charge in [0.15, 0.2) is 34.6 Å². The van der Waals surface area contributed by atoms with Gasteiger partial charge in [0.2, 0.25) is 16.2 Å². The number of aliphatic hydroxyl groups excluding tert-OH is 2. The molecule has 2 aliphatic heterocycles. The van der Waals surface area contributed by atoms with E-state index in [0.717, 1.165) is 18.9 Å². The number of ether oxygens (including phenoxy) is 1. The van der Waals surface area contributed by atoms with Crippen molar-refractivity contribution in [1.82, 2.24) is 29.7 Å². The zero-order chi connectivity index (χ0) is 53.2. The molecule has 2 aromatic heterocycles. The quantitative estimate of drug-likeness (QED) is 0.0143. The first-order valence-electron chi connectivity index (χ1n) is 21.9. The number of carbonyl (C=O) groups is 2. The maximum atomic E-state index is 14.1. The zero-order valence-corrected chi connectivity index (χ0v) is 41.7. The number of benzene rings is 3. The molecule has 12 N–H and O–H groups in total. The van der Waals surface area contributed by atoms with E-state index in [0.29, 0.717) is 37.3 Å². The molecule has 1 unspecified atom stereocenters. The summed E-state index contributed by atoms with van der Waals surface area (Å²) >= 11 is 0. The topological polar surface area (TPSA) is 444 Å². The van der Waals surface area contributed by atoms with Crippen LogP contribution >= 0.6 is 15.6 Å². The number of hydrogen-bond donors (Lipinski definition) is 10. The summed E-state index contributed by atoms with van der Waals surface area (Å²) in [6, 6.07) is 11.2. The van der Waals surface area contributed by atoms with Crippen molar-refractivity contribution in [3.05, 3.63) is 72.1 Å². The second-order valence-electron chi connectivity index (χ2n) is 16.6. The smallest absolute Gasteiger partial charge is 0.481 e. The van der Waals surface area contributed by atoms with E-state index in [1.807, 2.05) is 0 Å². The van der Waals surface area contributed by atoms with Crippen LogP contribution in [0.15, 0.2) is 75.4 Å². The third-order valence-corrected chi connectivity index (χ3v) is 15.5.